The molecule has 3 aromatic carbocycles. The Morgan fingerprint density at radius 1 is 1.08 bits per heavy atom. The molecule has 0 radical (unpaired) electrons. The summed E-state index contributed by atoms with van der Waals surface area (Å²) in [6.07, 6.45) is 0.208. The van der Waals surface area contributed by atoms with Crippen LogP contribution in [-0.2, 0) is 9.47 Å². The highest BCUT2D eigenvalue weighted by Gasteiger charge is 2.22. The van der Waals surface area contributed by atoms with Gasteiger partial charge in [0.1, 0.15) is 24.2 Å². The van der Waals surface area contributed by atoms with Gasteiger partial charge in [-0.1, -0.05) is 24.3 Å². The number of hydrogen-bond acceptors (Lipinski definition) is 5. The quantitative estimate of drug-likeness (QED) is 0.385. The zero-order valence-electron chi connectivity index (χ0n) is 14.0. The molecule has 1 fully saturated rings. The van der Waals surface area contributed by atoms with Crippen LogP contribution in [0, 0.1) is 0 Å². The molecule has 134 valence electrons. The lowest BCUT2D eigenvalue weighted by atomic mass is 9.99. The van der Waals surface area contributed by atoms with E-state index in [2.05, 4.69) is 0 Å². The highest BCUT2D eigenvalue weighted by molar-refractivity contribution is 6.12. The van der Waals surface area contributed by atoms with E-state index < -0.39 is 5.97 Å². The van der Waals surface area contributed by atoms with Gasteiger partial charge in [-0.2, -0.15) is 0 Å². The van der Waals surface area contributed by atoms with Crippen molar-refractivity contribution in [2.45, 2.75) is 6.10 Å². The van der Waals surface area contributed by atoms with Crippen LogP contribution in [0.3, 0.4) is 0 Å². The van der Waals surface area contributed by atoms with Crippen molar-refractivity contribution in [3.63, 3.8) is 0 Å². The third kappa shape index (κ3) is 3.16. The Bertz CT molecular complexity index is 977. The molecule has 0 aliphatic carbocycles. The summed E-state index contributed by atoms with van der Waals surface area (Å²) in [5.74, 6) is -0.387. The number of epoxide rings is 1. The van der Waals surface area contributed by atoms with Crippen LogP contribution in [0.4, 0.5) is 0 Å². The fraction of sp³-hybridized carbons (Fsp3) is 0.250. The molecule has 4 rings (SSSR count). The van der Waals surface area contributed by atoms with E-state index >= 15 is 0 Å². The number of rotatable bonds is 7. The maximum absolute atomic E-state index is 11.3. The molecule has 0 saturated carbocycles. The van der Waals surface area contributed by atoms with Crippen molar-refractivity contribution in [3.8, 4) is 11.5 Å². The maximum atomic E-state index is 11.3. The highest BCUT2D eigenvalue weighted by atomic mass is 16.6. The summed E-state index contributed by atoms with van der Waals surface area (Å²) < 4.78 is 16.6. The molecule has 2 N–H and O–H groups in total. The molecule has 6 nitrogen and oxygen atoms in total. The third-order valence-corrected chi connectivity index (χ3v) is 4.37. The summed E-state index contributed by atoms with van der Waals surface area (Å²) in [6, 6.07) is 12.0. The molecule has 0 spiro atoms. The number of aromatic hydroxyl groups is 1. The van der Waals surface area contributed by atoms with E-state index in [-0.39, 0.29) is 17.4 Å². The van der Waals surface area contributed by atoms with Crippen molar-refractivity contribution < 1.29 is 29.2 Å². The van der Waals surface area contributed by atoms with Crippen molar-refractivity contribution in [3.05, 3.63) is 48.0 Å². The number of fused-ring (bicyclic) bond motifs is 2. The van der Waals surface area contributed by atoms with E-state index in [1.807, 2.05) is 18.2 Å². The van der Waals surface area contributed by atoms with E-state index in [0.717, 1.165) is 12.0 Å². The van der Waals surface area contributed by atoms with Gasteiger partial charge in [0.25, 0.3) is 0 Å². The summed E-state index contributed by atoms with van der Waals surface area (Å²) in [7, 11) is 0. The van der Waals surface area contributed by atoms with Crippen LogP contribution in [0.2, 0.25) is 0 Å². The van der Waals surface area contributed by atoms with Gasteiger partial charge >= 0.3 is 5.97 Å². The summed E-state index contributed by atoms with van der Waals surface area (Å²) >= 11 is 0. The lowest BCUT2D eigenvalue weighted by Gasteiger charge is -2.15. The Morgan fingerprint density at radius 3 is 2.54 bits per heavy atom. The molecule has 0 amide bonds. The van der Waals surface area contributed by atoms with Crippen molar-refractivity contribution in [2.75, 3.05) is 26.4 Å². The number of carboxylic acids is 1. The van der Waals surface area contributed by atoms with Gasteiger partial charge < -0.3 is 24.4 Å². The third-order valence-electron chi connectivity index (χ3n) is 4.37. The highest BCUT2D eigenvalue weighted by Crippen LogP contribution is 2.42. The zero-order valence-corrected chi connectivity index (χ0v) is 14.0. The molecule has 1 unspecified atom stereocenters. The van der Waals surface area contributed by atoms with Crippen LogP contribution in [-0.4, -0.2) is 48.7 Å². The number of carboxylic acid groups (broad SMARTS) is 1. The van der Waals surface area contributed by atoms with Crippen LogP contribution in [0.25, 0.3) is 21.5 Å². The topological polar surface area (TPSA) is 88.5 Å². The molecule has 0 bridgehead atoms. The SMILES string of the molecule is O=C(O)c1ccc2c(OCCOCC3CO3)c3ccccc3c(O)c2c1. The number of ether oxygens (including phenoxy) is 3. The summed E-state index contributed by atoms with van der Waals surface area (Å²) in [4.78, 5) is 11.3. The Hall–Kier alpha value is -2.83. The lowest BCUT2D eigenvalue weighted by Crippen LogP contribution is -2.10. The van der Waals surface area contributed by atoms with Crippen LogP contribution in [0.5, 0.6) is 11.5 Å². The normalized spacial score (nSPS) is 16.1. The van der Waals surface area contributed by atoms with Gasteiger partial charge in [0.05, 0.1) is 25.4 Å². The molecular formula is C20H18O6. The smallest absolute Gasteiger partial charge is 0.335 e. The number of phenols is 1. The van der Waals surface area contributed by atoms with Crippen molar-refractivity contribution in [2.24, 2.45) is 0 Å². The minimum atomic E-state index is -1.04. The zero-order chi connectivity index (χ0) is 18.1. The number of carbonyl (C=O) groups is 1. The minimum absolute atomic E-state index is 0.0492. The fourth-order valence-electron chi connectivity index (χ4n) is 2.99. The molecule has 1 aliphatic heterocycles. The Kier molecular flexibility index (Phi) is 4.36. The molecule has 1 aliphatic rings. The van der Waals surface area contributed by atoms with Crippen LogP contribution in [0.1, 0.15) is 10.4 Å². The lowest BCUT2D eigenvalue weighted by molar-refractivity contribution is 0.0697. The van der Waals surface area contributed by atoms with Gasteiger partial charge in [0, 0.05) is 21.5 Å². The van der Waals surface area contributed by atoms with E-state index in [1.165, 1.54) is 12.1 Å². The maximum Gasteiger partial charge on any atom is 0.335 e. The predicted octanol–water partition coefficient (Wildman–Crippen LogP) is 3.19. The number of aromatic carboxylic acids is 1. The second-order valence-corrected chi connectivity index (χ2v) is 6.17. The second-order valence-electron chi connectivity index (χ2n) is 6.17. The Morgan fingerprint density at radius 2 is 1.81 bits per heavy atom. The van der Waals surface area contributed by atoms with E-state index in [9.17, 15) is 15.0 Å². The number of benzene rings is 3. The van der Waals surface area contributed by atoms with Gasteiger partial charge in [-0.3, -0.25) is 0 Å². The average molecular weight is 354 g/mol. The summed E-state index contributed by atoms with van der Waals surface area (Å²) in [5, 5.41) is 22.4. The molecular weight excluding hydrogens is 336 g/mol. The van der Waals surface area contributed by atoms with Gasteiger partial charge in [-0.05, 0) is 18.2 Å². The first-order chi connectivity index (χ1) is 12.6. The summed E-state index contributed by atoms with van der Waals surface area (Å²) in [5.41, 5.74) is 0.113. The molecule has 1 atom stereocenters. The molecule has 3 aromatic rings. The van der Waals surface area contributed by atoms with Gasteiger partial charge in [0.2, 0.25) is 0 Å². The Balaban J connectivity index is 1.72. The first-order valence-corrected chi connectivity index (χ1v) is 8.38. The first-order valence-electron chi connectivity index (χ1n) is 8.38. The summed E-state index contributed by atoms with van der Waals surface area (Å²) in [6.45, 7) is 2.07. The van der Waals surface area contributed by atoms with Crippen LogP contribution < -0.4 is 4.74 Å². The largest absolute Gasteiger partial charge is 0.507 e. The average Bonchev–Trinajstić information content (AvgIpc) is 3.48. The van der Waals surface area contributed by atoms with E-state index in [4.69, 9.17) is 14.2 Å². The molecule has 6 heteroatoms. The van der Waals surface area contributed by atoms with Crippen molar-refractivity contribution >= 4 is 27.5 Å². The van der Waals surface area contributed by atoms with Crippen LogP contribution >= 0.6 is 0 Å². The van der Waals surface area contributed by atoms with E-state index in [0.29, 0.717) is 41.7 Å². The molecule has 1 saturated heterocycles. The minimum Gasteiger partial charge on any atom is -0.507 e. The van der Waals surface area contributed by atoms with Crippen LogP contribution in [0.15, 0.2) is 42.5 Å². The number of phenolic OH excluding ortho intramolecular Hbond substituents is 1. The van der Waals surface area contributed by atoms with Crippen molar-refractivity contribution in [1.29, 1.82) is 0 Å². The monoisotopic (exact) mass is 354 g/mol. The second kappa shape index (κ2) is 6.82. The molecule has 0 aromatic heterocycles. The predicted molar refractivity (Wildman–Crippen MR) is 96.1 cm³/mol. The van der Waals surface area contributed by atoms with Gasteiger partial charge in [-0.15, -0.1) is 0 Å². The number of hydrogen-bond donors (Lipinski definition) is 2. The standard InChI is InChI=1S/C20H18O6/c21-18-14-3-1-2-4-15(14)19(25-8-7-24-10-13-11-26-13)16-6-5-12(20(22)23)9-17(16)18/h1-6,9,13,21H,7-8,10-11H2,(H,22,23). The molecule has 26 heavy (non-hydrogen) atoms. The van der Waals surface area contributed by atoms with Crippen molar-refractivity contribution in [1.82, 2.24) is 0 Å². The van der Waals surface area contributed by atoms with Gasteiger partial charge in [0.15, 0.2) is 0 Å². The van der Waals surface area contributed by atoms with Gasteiger partial charge in [-0.25, -0.2) is 4.79 Å². The first kappa shape index (κ1) is 16.6. The van der Waals surface area contributed by atoms with E-state index in [1.54, 1.807) is 12.1 Å². The Labute approximate surface area is 149 Å². The fourth-order valence-corrected chi connectivity index (χ4v) is 2.99. The molecule has 1 heterocycles.